The van der Waals surface area contributed by atoms with Crippen LogP contribution in [0.25, 0.3) is 11.4 Å². The second-order valence-corrected chi connectivity index (χ2v) is 5.72. The quantitative estimate of drug-likeness (QED) is 0.918. The average molecular weight is 308 g/mol. The first kappa shape index (κ1) is 12.9. The molecule has 2 N–H and O–H groups in total. The molecular formula is C14H14ClN3O3. The topological polar surface area (TPSA) is 83.4 Å². The molecule has 110 valence electrons. The molecule has 1 spiro atoms. The van der Waals surface area contributed by atoms with Gasteiger partial charge in [0, 0.05) is 24.5 Å². The smallest absolute Gasteiger partial charge is 0.251 e. The number of hydrogen-bond donors (Lipinski definition) is 1. The summed E-state index contributed by atoms with van der Waals surface area (Å²) in [6.07, 6.45) is 4.01. The Hall–Kier alpha value is -1.79. The van der Waals surface area contributed by atoms with Gasteiger partial charge < -0.3 is 19.7 Å². The van der Waals surface area contributed by atoms with Gasteiger partial charge in [0.25, 0.3) is 5.79 Å². The predicted octanol–water partition coefficient (Wildman–Crippen LogP) is 2.89. The standard InChI is InChI=1S/C14H14ClN3O3/c15-9-6-11-10(19-14(20-11)3-1-2-4-14)5-8(9)13-17-12(7-16)21-18-13/h5-6H,1-4,7,16H2. The van der Waals surface area contributed by atoms with Crippen molar-refractivity contribution in [3.8, 4) is 22.9 Å². The maximum atomic E-state index is 6.30. The van der Waals surface area contributed by atoms with E-state index >= 15 is 0 Å². The molecular weight excluding hydrogens is 294 g/mol. The van der Waals surface area contributed by atoms with Crippen molar-refractivity contribution in [1.82, 2.24) is 10.1 Å². The van der Waals surface area contributed by atoms with Crippen molar-refractivity contribution in [2.45, 2.75) is 38.0 Å². The minimum Gasteiger partial charge on any atom is -0.448 e. The lowest BCUT2D eigenvalue weighted by atomic mass is 10.2. The monoisotopic (exact) mass is 307 g/mol. The fourth-order valence-corrected chi connectivity index (χ4v) is 3.09. The molecule has 1 saturated carbocycles. The third kappa shape index (κ3) is 2.06. The Balaban J connectivity index is 1.72. The van der Waals surface area contributed by atoms with Crippen molar-refractivity contribution < 1.29 is 14.0 Å². The van der Waals surface area contributed by atoms with Crippen molar-refractivity contribution in [1.29, 1.82) is 0 Å². The second kappa shape index (κ2) is 4.61. The molecule has 1 aliphatic carbocycles. The van der Waals surface area contributed by atoms with Crippen LogP contribution in [0.4, 0.5) is 0 Å². The first-order valence-electron chi connectivity index (χ1n) is 6.94. The number of aromatic nitrogens is 2. The molecule has 2 aliphatic rings. The molecule has 7 heteroatoms. The highest BCUT2D eigenvalue weighted by Crippen LogP contribution is 2.49. The summed E-state index contributed by atoms with van der Waals surface area (Å²) in [4.78, 5) is 4.19. The van der Waals surface area contributed by atoms with E-state index in [-0.39, 0.29) is 6.54 Å². The molecule has 4 rings (SSSR count). The second-order valence-electron chi connectivity index (χ2n) is 5.32. The zero-order valence-electron chi connectivity index (χ0n) is 11.3. The van der Waals surface area contributed by atoms with Crippen molar-refractivity contribution in [2.24, 2.45) is 5.73 Å². The van der Waals surface area contributed by atoms with Crippen molar-refractivity contribution >= 4 is 11.6 Å². The minimum absolute atomic E-state index is 0.193. The van der Waals surface area contributed by atoms with E-state index in [9.17, 15) is 0 Å². The maximum Gasteiger partial charge on any atom is 0.251 e. The summed E-state index contributed by atoms with van der Waals surface area (Å²) >= 11 is 6.30. The van der Waals surface area contributed by atoms with E-state index in [1.54, 1.807) is 12.1 Å². The summed E-state index contributed by atoms with van der Waals surface area (Å²) in [5.41, 5.74) is 6.12. The van der Waals surface area contributed by atoms with Gasteiger partial charge in [-0.15, -0.1) is 0 Å². The number of nitrogens with two attached hydrogens (primary N) is 1. The van der Waals surface area contributed by atoms with Crippen LogP contribution in [0.15, 0.2) is 16.7 Å². The van der Waals surface area contributed by atoms with E-state index < -0.39 is 5.79 Å². The van der Waals surface area contributed by atoms with E-state index in [1.165, 1.54) is 0 Å². The Labute approximate surface area is 126 Å². The lowest BCUT2D eigenvalue weighted by Gasteiger charge is -2.21. The van der Waals surface area contributed by atoms with Gasteiger partial charge in [-0.1, -0.05) is 16.8 Å². The zero-order chi connectivity index (χ0) is 14.4. The molecule has 1 aromatic heterocycles. The average Bonchev–Trinajstić information content (AvgIpc) is 3.18. The van der Waals surface area contributed by atoms with Gasteiger partial charge in [0.15, 0.2) is 11.5 Å². The van der Waals surface area contributed by atoms with E-state index in [0.717, 1.165) is 25.7 Å². The van der Waals surface area contributed by atoms with Gasteiger partial charge in [-0.05, 0) is 18.9 Å². The lowest BCUT2D eigenvalue weighted by Crippen LogP contribution is -2.34. The highest BCUT2D eigenvalue weighted by Gasteiger charge is 2.44. The van der Waals surface area contributed by atoms with Crippen molar-refractivity contribution in [2.75, 3.05) is 0 Å². The molecule has 0 bridgehead atoms. The van der Waals surface area contributed by atoms with Crippen molar-refractivity contribution in [3.63, 3.8) is 0 Å². The molecule has 1 aromatic carbocycles. The number of rotatable bonds is 2. The van der Waals surface area contributed by atoms with Crippen LogP contribution in [0.5, 0.6) is 11.5 Å². The summed E-state index contributed by atoms with van der Waals surface area (Å²) in [5.74, 6) is 1.61. The molecule has 2 heterocycles. The lowest BCUT2D eigenvalue weighted by molar-refractivity contribution is -0.0716. The molecule has 0 atom stereocenters. The fraction of sp³-hybridized carbons (Fsp3) is 0.429. The molecule has 2 aromatic rings. The number of nitrogens with zero attached hydrogens (tertiary/aromatic N) is 2. The maximum absolute atomic E-state index is 6.30. The third-order valence-corrected chi connectivity index (χ3v) is 4.19. The van der Waals surface area contributed by atoms with Gasteiger partial charge in [0.2, 0.25) is 11.7 Å². The van der Waals surface area contributed by atoms with E-state index in [4.69, 9.17) is 31.3 Å². The molecule has 0 saturated heterocycles. The van der Waals surface area contributed by atoms with E-state index in [2.05, 4.69) is 10.1 Å². The summed E-state index contributed by atoms with van der Waals surface area (Å²) in [6, 6.07) is 3.55. The molecule has 6 nitrogen and oxygen atoms in total. The zero-order valence-corrected chi connectivity index (χ0v) is 12.0. The fourth-order valence-electron chi connectivity index (χ4n) is 2.85. The number of benzene rings is 1. The van der Waals surface area contributed by atoms with Gasteiger partial charge in [-0.2, -0.15) is 4.98 Å². The van der Waals surface area contributed by atoms with E-state index in [0.29, 0.717) is 33.8 Å². The SMILES string of the molecule is NCc1nc(-c2cc3c(cc2Cl)OC2(CCCC2)O3)no1. The summed E-state index contributed by atoms with van der Waals surface area (Å²) in [5, 5.41) is 4.38. The summed E-state index contributed by atoms with van der Waals surface area (Å²) in [7, 11) is 0. The van der Waals surface area contributed by atoms with Crippen LogP contribution < -0.4 is 15.2 Å². The molecule has 0 unspecified atom stereocenters. The normalized spacial score (nSPS) is 18.6. The van der Waals surface area contributed by atoms with Crippen LogP contribution in [-0.2, 0) is 6.54 Å². The molecule has 1 aliphatic heterocycles. The summed E-state index contributed by atoms with van der Waals surface area (Å²) < 4.78 is 17.0. The Morgan fingerprint density at radius 3 is 2.57 bits per heavy atom. The van der Waals surface area contributed by atoms with E-state index in [1.807, 2.05) is 0 Å². The van der Waals surface area contributed by atoms with Gasteiger partial charge in [-0.3, -0.25) is 0 Å². The minimum atomic E-state index is -0.510. The Kier molecular flexibility index (Phi) is 2.83. The van der Waals surface area contributed by atoms with Crippen LogP contribution in [-0.4, -0.2) is 15.9 Å². The number of hydrogen-bond acceptors (Lipinski definition) is 6. The van der Waals surface area contributed by atoms with Crippen LogP contribution in [0.1, 0.15) is 31.6 Å². The molecule has 1 fully saturated rings. The van der Waals surface area contributed by atoms with Crippen molar-refractivity contribution in [3.05, 3.63) is 23.0 Å². The highest BCUT2D eigenvalue weighted by molar-refractivity contribution is 6.33. The first-order valence-corrected chi connectivity index (χ1v) is 7.31. The van der Waals surface area contributed by atoms with Crippen LogP contribution in [0, 0.1) is 0 Å². The third-order valence-electron chi connectivity index (χ3n) is 3.87. The van der Waals surface area contributed by atoms with Gasteiger partial charge in [-0.25, -0.2) is 0 Å². The number of ether oxygens (including phenoxy) is 2. The Bertz CT molecular complexity index is 695. The Morgan fingerprint density at radius 2 is 1.90 bits per heavy atom. The Morgan fingerprint density at radius 1 is 1.19 bits per heavy atom. The van der Waals surface area contributed by atoms with Gasteiger partial charge in [0.1, 0.15) is 0 Å². The largest absolute Gasteiger partial charge is 0.448 e. The predicted molar refractivity (Wildman–Crippen MR) is 75.1 cm³/mol. The van der Waals surface area contributed by atoms with Gasteiger partial charge in [0.05, 0.1) is 11.6 Å². The summed E-state index contributed by atoms with van der Waals surface area (Å²) in [6.45, 7) is 0.193. The highest BCUT2D eigenvalue weighted by atomic mass is 35.5. The number of halogens is 1. The molecule has 0 radical (unpaired) electrons. The number of fused-ring (bicyclic) bond motifs is 1. The molecule has 0 amide bonds. The van der Waals surface area contributed by atoms with Crippen LogP contribution in [0.3, 0.4) is 0 Å². The molecule has 21 heavy (non-hydrogen) atoms. The first-order chi connectivity index (χ1) is 10.2. The van der Waals surface area contributed by atoms with Gasteiger partial charge >= 0.3 is 0 Å². The van der Waals surface area contributed by atoms with Crippen LogP contribution in [0.2, 0.25) is 5.02 Å². The van der Waals surface area contributed by atoms with Crippen LogP contribution >= 0.6 is 11.6 Å².